The van der Waals surface area contributed by atoms with E-state index in [-0.39, 0.29) is 5.12 Å². The van der Waals surface area contributed by atoms with E-state index in [0.29, 0.717) is 6.42 Å². The van der Waals surface area contributed by atoms with Gasteiger partial charge in [-0.25, -0.2) is 0 Å². The van der Waals surface area contributed by atoms with E-state index < -0.39 is 0 Å². The molecule has 0 aliphatic rings. The Labute approximate surface area is 112 Å². The van der Waals surface area contributed by atoms with E-state index in [2.05, 4.69) is 36.4 Å². The maximum atomic E-state index is 11.3. The van der Waals surface area contributed by atoms with Gasteiger partial charge in [-0.1, -0.05) is 66.4 Å². The summed E-state index contributed by atoms with van der Waals surface area (Å²) in [4.78, 5) is 11.3. The topological polar surface area (TPSA) is 17.1 Å². The summed E-state index contributed by atoms with van der Waals surface area (Å²) >= 11 is 1.29. The van der Waals surface area contributed by atoms with Gasteiger partial charge in [-0.15, -0.1) is 0 Å². The van der Waals surface area contributed by atoms with Crippen LogP contribution in [0.15, 0.2) is 54.6 Å². The first-order chi connectivity index (χ1) is 8.78. The summed E-state index contributed by atoms with van der Waals surface area (Å²) in [6.07, 6.45) is 3.29. The highest BCUT2D eigenvalue weighted by Crippen LogP contribution is 2.12. The molecule has 1 nitrogen and oxygen atoms in total. The molecule has 2 aromatic rings. The zero-order chi connectivity index (χ0) is 12.8. The summed E-state index contributed by atoms with van der Waals surface area (Å²) in [6.45, 7) is 0. The second-order valence-corrected chi connectivity index (χ2v) is 5.10. The van der Waals surface area contributed by atoms with Gasteiger partial charge in [0.1, 0.15) is 0 Å². The third-order valence-corrected chi connectivity index (χ3v) is 3.45. The van der Waals surface area contributed by atoms with Crippen molar-refractivity contribution in [3.63, 3.8) is 0 Å². The molecule has 0 spiro atoms. The molecule has 2 aromatic carbocycles. The van der Waals surface area contributed by atoms with Crippen molar-refractivity contribution in [1.29, 1.82) is 0 Å². The molecule has 0 radical (unpaired) electrons. The highest BCUT2D eigenvalue weighted by Gasteiger charge is 2.02. The predicted octanol–water partition coefficient (Wildman–Crippen LogP) is 3.71. The van der Waals surface area contributed by atoms with Gasteiger partial charge in [0.05, 0.1) is 0 Å². The van der Waals surface area contributed by atoms with Gasteiger partial charge in [0.2, 0.25) is 0 Å². The average Bonchev–Trinajstić information content (AvgIpc) is 2.42. The molecule has 0 saturated heterocycles. The standard InChI is InChI=1S/C16H16OS/c1-18-16(17)12-15-9-7-14(8-10-15)11-13-5-3-2-4-6-13/h2-10H,11-12H2,1H3. The highest BCUT2D eigenvalue weighted by molar-refractivity contribution is 8.13. The molecule has 0 atom stereocenters. The lowest BCUT2D eigenvalue weighted by atomic mass is 10.0. The number of carbonyl (C=O) groups is 1. The van der Waals surface area contributed by atoms with E-state index in [4.69, 9.17) is 0 Å². The van der Waals surface area contributed by atoms with Gasteiger partial charge in [0, 0.05) is 6.42 Å². The van der Waals surface area contributed by atoms with E-state index in [9.17, 15) is 4.79 Å². The summed E-state index contributed by atoms with van der Waals surface area (Å²) in [7, 11) is 0. The average molecular weight is 256 g/mol. The third kappa shape index (κ3) is 3.74. The SMILES string of the molecule is CSC(=O)Cc1ccc(Cc2ccccc2)cc1. The fourth-order valence-corrected chi connectivity index (χ4v) is 2.16. The molecule has 0 N–H and O–H groups in total. The smallest absolute Gasteiger partial charge is 0.193 e. The molecule has 0 aliphatic heterocycles. The minimum Gasteiger partial charge on any atom is -0.287 e. The molecule has 0 aromatic heterocycles. The third-order valence-electron chi connectivity index (χ3n) is 2.85. The molecular formula is C16H16OS. The van der Waals surface area contributed by atoms with Gasteiger partial charge in [-0.05, 0) is 29.4 Å². The lowest BCUT2D eigenvalue weighted by Crippen LogP contribution is -1.96. The van der Waals surface area contributed by atoms with Crippen molar-refractivity contribution < 1.29 is 4.79 Å². The number of benzene rings is 2. The van der Waals surface area contributed by atoms with Crippen LogP contribution >= 0.6 is 11.8 Å². The Kier molecular flexibility index (Phi) is 4.59. The highest BCUT2D eigenvalue weighted by atomic mass is 32.2. The Morgan fingerprint density at radius 2 is 1.44 bits per heavy atom. The Bertz CT molecular complexity index is 502. The van der Waals surface area contributed by atoms with Gasteiger partial charge >= 0.3 is 0 Å². The molecule has 0 amide bonds. The molecule has 0 saturated carbocycles. The fraction of sp³-hybridized carbons (Fsp3) is 0.188. The first kappa shape index (κ1) is 12.9. The normalized spacial score (nSPS) is 10.3. The maximum Gasteiger partial charge on any atom is 0.193 e. The minimum absolute atomic E-state index is 0.214. The van der Waals surface area contributed by atoms with Crippen molar-refractivity contribution in [3.8, 4) is 0 Å². The summed E-state index contributed by atoms with van der Waals surface area (Å²) in [6, 6.07) is 18.7. The van der Waals surface area contributed by atoms with Crippen LogP contribution in [0.25, 0.3) is 0 Å². The van der Waals surface area contributed by atoms with Crippen LogP contribution in [-0.4, -0.2) is 11.4 Å². The van der Waals surface area contributed by atoms with Gasteiger partial charge in [0.25, 0.3) is 0 Å². The molecule has 2 heteroatoms. The van der Waals surface area contributed by atoms with Gasteiger partial charge in [0.15, 0.2) is 5.12 Å². The zero-order valence-electron chi connectivity index (χ0n) is 10.4. The van der Waals surface area contributed by atoms with Gasteiger partial charge in [-0.2, -0.15) is 0 Å². The molecule has 2 rings (SSSR count). The van der Waals surface area contributed by atoms with Crippen molar-refractivity contribution in [1.82, 2.24) is 0 Å². The molecule has 0 heterocycles. The first-order valence-corrected chi connectivity index (χ1v) is 7.19. The van der Waals surface area contributed by atoms with Crippen LogP contribution in [0.4, 0.5) is 0 Å². The second kappa shape index (κ2) is 6.41. The fourth-order valence-electron chi connectivity index (χ4n) is 1.85. The van der Waals surface area contributed by atoms with Crippen LogP contribution in [-0.2, 0) is 17.6 Å². The predicted molar refractivity (Wildman–Crippen MR) is 77.9 cm³/mol. The largest absolute Gasteiger partial charge is 0.287 e. The Hall–Kier alpha value is -1.54. The summed E-state index contributed by atoms with van der Waals surface area (Å²) in [5.74, 6) is 0. The van der Waals surface area contributed by atoms with Crippen LogP contribution in [0.1, 0.15) is 16.7 Å². The van der Waals surface area contributed by atoms with E-state index >= 15 is 0 Å². The molecule has 92 valence electrons. The zero-order valence-corrected chi connectivity index (χ0v) is 11.2. The number of hydrogen-bond acceptors (Lipinski definition) is 2. The van der Waals surface area contributed by atoms with E-state index in [0.717, 1.165) is 12.0 Å². The lowest BCUT2D eigenvalue weighted by molar-refractivity contribution is -0.110. The maximum absolute atomic E-state index is 11.3. The molecule has 0 aliphatic carbocycles. The number of thioether (sulfide) groups is 1. The van der Waals surface area contributed by atoms with Gasteiger partial charge in [-0.3, -0.25) is 4.79 Å². The number of hydrogen-bond donors (Lipinski definition) is 0. The van der Waals surface area contributed by atoms with Crippen molar-refractivity contribution in [3.05, 3.63) is 71.3 Å². The second-order valence-electron chi connectivity index (χ2n) is 4.23. The Morgan fingerprint density at radius 1 is 0.889 bits per heavy atom. The van der Waals surface area contributed by atoms with Crippen molar-refractivity contribution in [2.24, 2.45) is 0 Å². The monoisotopic (exact) mass is 256 g/mol. The van der Waals surface area contributed by atoms with Crippen LogP contribution in [0.5, 0.6) is 0 Å². The Balaban J connectivity index is 2.02. The Morgan fingerprint density at radius 3 is 2.06 bits per heavy atom. The lowest BCUT2D eigenvalue weighted by Gasteiger charge is -2.04. The summed E-state index contributed by atoms with van der Waals surface area (Å²) < 4.78 is 0. The van der Waals surface area contributed by atoms with Crippen LogP contribution in [0.3, 0.4) is 0 Å². The van der Waals surface area contributed by atoms with E-state index in [1.807, 2.05) is 24.5 Å². The number of rotatable bonds is 4. The summed E-state index contributed by atoms with van der Waals surface area (Å²) in [5.41, 5.74) is 3.68. The first-order valence-electron chi connectivity index (χ1n) is 5.96. The van der Waals surface area contributed by atoms with Crippen LogP contribution in [0.2, 0.25) is 0 Å². The molecule has 0 fully saturated rings. The molecule has 18 heavy (non-hydrogen) atoms. The van der Waals surface area contributed by atoms with Crippen LogP contribution < -0.4 is 0 Å². The van der Waals surface area contributed by atoms with Crippen molar-refractivity contribution in [2.45, 2.75) is 12.8 Å². The minimum atomic E-state index is 0.214. The molecule has 0 bridgehead atoms. The number of carbonyl (C=O) groups excluding carboxylic acids is 1. The molecule has 0 unspecified atom stereocenters. The quantitative estimate of drug-likeness (QED) is 0.829. The summed E-state index contributed by atoms with van der Waals surface area (Å²) in [5, 5.41) is 0.214. The van der Waals surface area contributed by atoms with Crippen molar-refractivity contribution >= 4 is 16.9 Å². The van der Waals surface area contributed by atoms with Crippen molar-refractivity contribution in [2.75, 3.05) is 6.26 Å². The molecular weight excluding hydrogens is 240 g/mol. The van der Waals surface area contributed by atoms with Crippen LogP contribution in [0, 0.1) is 0 Å². The van der Waals surface area contributed by atoms with E-state index in [1.54, 1.807) is 0 Å². The van der Waals surface area contributed by atoms with Gasteiger partial charge < -0.3 is 0 Å². The van der Waals surface area contributed by atoms with E-state index in [1.165, 1.54) is 22.9 Å².